The predicted octanol–water partition coefficient (Wildman–Crippen LogP) is 4.59. The smallest absolute Gasteiger partial charge is 0.254 e. The topological polar surface area (TPSA) is 51.7 Å². The Bertz CT molecular complexity index is 948. The number of hydrogen-bond acceptors (Lipinski definition) is 4. The minimum absolute atomic E-state index is 0.117. The minimum atomic E-state index is -0.117. The molecular weight excluding hydrogens is 376 g/mol. The summed E-state index contributed by atoms with van der Waals surface area (Å²) in [4.78, 5) is 18.5. The molecule has 3 rings (SSSR count). The first kappa shape index (κ1) is 19.7. The molecule has 0 unspecified atom stereocenters. The van der Waals surface area contributed by atoms with Crippen molar-refractivity contribution in [2.24, 2.45) is 0 Å². The lowest BCUT2D eigenvalue weighted by Gasteiger charge is -2.19. The zero-order valence-corrected chi connectivity index (χ0v) is 16.5. The van der Waals surface area contributed by atoms with Crippen LogP contribution in [0.2, 0.25) is 5.02 Å². The first-order chi connectivity index (χ1) is 13.6. The highest BCUT2D eigenvalue weighted by atomic mass is 35.5. The maximum atomic E-state index is 12.8. The van der Waals surface area contributed by atoms with Gasteiger partial charge >= 0.3 is 0 Å². The number of nitrogens with zero attached hydrogens (tertiary/aromatic N) is 2. The number of methoxy groups -OCH3 is 1. The van der Waals surface area contributed by atoms with Gasteiger partial charge in [0.05, 0.1) is 7.11 Å². The third-order valence-corrected chi connectivity index (χ3v) is 4.44. The maximum Gasteiger partial charge on any atom is 0.254 e. The van der Waals surface area contributed by atoms with Crippen LogP contribution in [0, 0.1) is 0 Å². The Morgan fingerprint density at radius 1 is 1.14 bits per heavy atom. The Balaban J connectivity index is 1.69. The van der Waals surface area contributed by atoms with Gasteiger partial charge in [-0.15, -0.1) is 0 Å². The predicted molar refractivity (Wildman–Crippen MR) is 109 cm³/mol. The molecular formula is C22H21ClN2O3. The Hall–Kier alpha value is -3.05. The number of aromatic nitrogens is 1. The number of rotatable bonds is 7. The van der Waals surface area contributed by atoms with Crippen LogP contribution < -0.4 is 9.47 Å². The van der Waals surface area contributed by atoms with Crippen LogP contribution in [0.25, 0.3) is 0 Å². The average molecular weight is 397 g/mol. The van der Waals surface area contributed by atoms with Gasteiger partial charge in [-0.3, -0.25) is 9.78 Å². The highest BCUT2D eigenvalue weighted by Crippen LogP contribution is 2.24. The van der Waals surface area contributed by atoms with Crippen molar-refractivity contribution in [3.8, 4) is 11.5 Å². The summed E-state index contributed by atoms with van der Waals surface area (Å²) in [5.74, 6) is 1.20. The molecule has 0 spiro atoms. The second kappa shape index (κ2) is 9.24. The van der Waals surface area contributed by atoms with E-state index in [9.17, 15) is 4.79 Å². The van der Waals surface area contributed by atoms with Crippen molar-refractivity contribution in [3.63, 3.8) is 0 Å². The fourth-order valence-electron chi connectivity index (χ4n) is 2.79. The largest absolute Gasteiger partial charge is 0.496 e. The van der Waals surface area contributed by atoms with Crippen LogP contribution in [0.1, 0.15) is 21.5 Å². The van der Waals surface area contributed by atoms with Gasteiger partial charge in [-0.05, 0) is 42.5 Å². The Kier molecular flexibility index (Phi) is 6.50. The molecule has 5 nitrogen and oxygen atoms in total. The van der Waals surface area contributed by atoms with Crippen molar-refractivity contribution < 1.29 is 14.3 Å². The fraction of sp³-hybridized carbons (Fsp3) is 0.182. The second-order valence-corrected chi connectivity index (χ2v) is 6.73. The lowest BCUT2D eigenvalue weighted by Crippen LogP contribution is -2.26. The fourth-order valence-corrected chi connectivity index (χ4v) is 2.98. The van der Waals surface area contributed by atoms with Crippen LogP contribution in [0.5, 0.6) is 11.5 Å². The summed E-state index contributed by atoms with van der Waals surface area (Å²) in [6, 6.07) is 16.3. The molecule has 2 aromatic carbocycles. The summed E-state index contributed by atoms with van der Waals surface area (Å²) in [6.07, 6.45) is 3.47. The Morgan fingerprint density at radius 2 is 2.00 bits per heavy atom. The summed E-state index contributed by atoms with van der Waals surface area (Å²) in [5, 5.41) is 0.599. The van der Waals surface area contributed by atoms with Crippen LogP contribution >= 0.6 is 11.6 Å². The van der Waals surface area contributed by atoms with E-state index in [1.165, 1.54) is 0 Å². The van der Waals surface area contributed by atoms with Crippen LogP contribution in [-0.2, 0) is 13.2 Å². The average Bonchev–Trinajstić information content (AvgIpc) is 2.73. The molecule has 0 fully saturated rings. The highest BCUT2D eigenvalue weighted by molar-refractivity contribution is 6.30. The van der Waals surface area contributed by atoms with Crippen molar-refractivity contribution >= 4 is 17.5 Å². The van der Waals surface area contributed by atoms with E-state index in [1.807, 2.05) is 18.2 Å². The van der Waals surface area contributed by atoms with E-state index in [-0.39, 0.29) is 5.91 Å². The number of pyridine rings is 1. The molecule has 0 aliphatic carbocycles. The van der Waals surface area contributed by atoms with Crippen molar-refractivity contribution in [1.82, 2.24) is 9.88 Å². The summed E-state index contributed by atoms with van der Waals surface area (Å²) in [7, 11) is 3.34. The summed E-state index contributed by atoms with van der Waals surface area (Å²) < 4.78 is 11.1. The van der Waals surface area contributed by atoms with Crippen LogP contribution in [0.15, 0.2) is 67.0 Å². The zero-order valence-electron chi connectivity index (χ0n) is 15.8. The summed E-state index contributed by atoms with van der Waals surface area (Å²) in [6.45, 7) is 0.768. The Morgan fingerprint density at radius 3 is 2.75 bits per heavy atom. The van der Waals surface area contributed by atoms with E-state index in [4.69, 9.17) is 21.1 Å². The number of ether oxygens (including phenoxy) is 2. The lowest BCUT2D eigenvalue weighted by molar-refractivity contribution is 0.0783. The molecule has 1 amide bonds. The van der Waals surface area contributed by atoms with Crippen LogP contribution in [0.3, 0.4) is 0 Å². The molecule has 0 bridgehead atoms. The number of carbonyl (C=O) groups excluding carboxylic acids is 1. The molecule has 28 heavy (non-hydrogen) atoms. The third kappa shape index (κ3) is 5.02. The zero-order chi connectivity index (χ0) is 19.9. The number of benzene rings is 2. The van der Waals surface area contributed by atoms with Crippen molar-refractivity contribution in [1.29, 1.82) is 0 Å². The standard InChI is InChI=1S/C22H21ClN2O3/c1-25(14-18-11-19(23)8-9-21(18)27-2)22(26)17-6-3-7-20(12-17)28-15-16-5-4-10-24-13-16/h3-13H,14-15H2,1-2H3. The van der Waals surface area contributed by atoms with Gasteiger partial charge in [-0.25, -0.2) is 0 Å². The monoisotopic (exact) mass is 396 g/mol. The maximum absolute atomic E-state index is 12.8. The third-order valence-electron chi connectivity index (χ3n) is 4.21. The van der Waals surface area contributed by atoms with Gasteiger partial charge < -0.3 is 14.4 Å². The molecule has 0 radical (unpaired) electrons. The van der Waals surface area contributed by atoms with E-state index in [1.54, 1.807) is 67.8 Å². The molecule has 1 heterocycles. The van der Waals surface area contributed by atoms with Gasteiger partial charge in [0.2, 0.25) is 0 Å². The molecule has 3 aromatic rings. The molecule has 0 aliphatic rings. The first-order valence-corrected chi connectivity index (χ1v) is 9.14. The van der Waals surface area contributed by atoms with Crippen molar-refractivity contribution in [2.75, 3.05) is 14.2 Å². The van der Waals surface area contributed by atoms with E-state index in [0.717, 1.165) is 11.1 Å². The number of halogens is 1. The van der Waals surface area contributed by atoms with Gasteiger partial charge in [0, 0.05) is 47.7 Å². The SMILES string of the molecule is COc1ccc(Cl)cc1CN(C)C(=O)c1cccc(OCc2cccnc2)c1. The second-order valence-electron chi connectivity index (χ2n) is 6.30. The van der Waals surface area contributed by atoms with Crippen molar-refractivity contribution in [3.05, 3.63) is 88.7 Å². The van der Waals surface area contributed by atoms with E-state index in [2.05, 4.69) is 4.98 Å². The molecule has 0 N–H and O–H groups in total. The number of carbonyl (C=O) groups is 1. The Labute approximate surface area is 169 Å². The molecule has 0 aliphatic heterocycles. The molecule has 6 heteroatoms. The molecule has 0 saturated carbocycles. The highest BCUT2D eigenvalue weighted by Gasteiger charge is 2.15. The minimum Gasteiger partial charge on any atom is -0.496 e. The summed E-state index contributed by atoms with van der Waals surface area (Å²) >= 11 is 6.08. The number of hydrogen-bond donors (Lipinski definition) is 0. The van der Waals surface area contributed by atoms with Crippen LogP contribution in [-0.4, -0.2) is 29.9 Å². The van der Waals surface area contributed by atoms with Crippen LogP contribution in [0.4, 0.5) is 0 Å². The molecule has 0 saturated heterocycles. The van der Waals surface area contributed by atoms with Gasteiger partial charge in [-0.2, -0.15) is 0 Å². The first-order valence-electron chi connectivity index (χ1n) is 8.76. The number of amides is 1. The molecule has 1 aromatic heterocycles. The molecule has 144 valence electrons. The quantitative estimate of drug-likeness (QED) is 0.586. The van der Waals surface area contributed by atoms with Crippen molar-refractivity contribution in [2.45, 2.75) is 13.2 Å². The van der Waals surface area contributed by atoms with Gasteiger partial charge in [0.1, 0.15) is 18.1 Å². The normalized spacial score (nSPS) is 10.4. The summed E-state index contributed by atoms with van der Waals surface area (Å²) in [5.41, 5.74) is 2.35. The van der Waals surface area contributed by atoms with Gasteiger partial charge in [-0.1, -0.05) is 23.7 Å². The lowest BCUT2D eigenvalue weighted by atomic mass is 10.1. The van der Waals surface area contributed by atoms with Gasteiger partial charge in [0.25, 0.3) is 5.91 Å². The van der Waals surface area contributed by atoms with Gasteiger partial charge in [0.15, 0.2) is 0 Å². The van der Waals surface area contributed by atoms with E-state index >= 15 is 0 Å². The molecule has 0 atom stereocenters. The van der Waals surface area contributed by atoms with E-state index < -0.39 is 0 Å². The van der Waals surface area contributed by atoms with E-state index in [0.29, 0.717) is 35.2 Å².